The van der Waals surface area contributed by atoms with Crippen molar-refractivity contribution < 1.29 is 5.11 Å². The van der Waals surface area contributed by atoms with Gasteiger partial charge in [0.15, 0.2) is 0 Å². The fourth-order valence-electron chi connectivity index (χ4n) is 1.12. The van der Waals surface area contributed by atoms with Crippen LogP contribution < -0.4 is 0 Å². The van der Waals surface area contributed by atoms with E-state index in [0.717, 1.165) is 29.0 Å². The summed E-state index contributed by atoms with van der Waals surface area (Å²) >= 11 is 5.75. The van der Waals surface area contributed by atoms with Crippen LogP contribution >= 0.6 is 11.6 Å². The van der Waals surface area contributed by atoms with Gasteiger partial charge in [-0.15, -0.1) is 0 Å². The molecule has 0 aliphatic heterocycles. The van der Waals surface area contributed by atoms with Gasteiger partial charge >= 0.3 is 0 Å². The summed E-state index contributed by atoms with van der Waals surface area (Å²) in [6.45, 7) is 4.15. The third kappa shape index (κ3) is 3.21. The van der Waals surface area contributed by atoms with Gasteiger partial charge < -0.3 is 5.11 Å². The molecule has 2 heteroatoms. The molecule has 70 valence electrons. The average molecular weight is 197 g/mol. The lowest BCUT2D eigenvalue weighted by Gasteiger charge is -2.04. The molecule has 0 spiro atoms. The normalized spacial score (nSPS) is 10.0. The molecule has 1 rings (SSSR count). The number of aliphatic hydroxyl groups is 1. The number of aliphatic hydroxyl groups excluding tert-OH is 1. The standard InChI is InChI=1S/C11H13ClO/c1-9(3-2-8-13)10-4-6-11(12)7-5-10/h4-7,13H,1-3,8H2. The minimum atomic E-state index is 0.215. The SMILES string of the molecule is C=C(CCCO)c1ccc(Cl)cc1. The van der Waals surface area contributed by atoms with Crippen LogP contribution in [0.3, 0.4) is 0 Å². The predicted octanol–water partition coefficient (Wildman–Crippen LogP) is 3.13. The van der Waals surface area contributed by atoms with Crippen molar-refractivity contribution in [3.63, 3.8) is 0 Å². The van der Waals surface area contributed by atoms with Gasteiger partial charge in [-0.3, -0.25) is 0 Å². The van der Waals surface area contributed by atoms with Crippen molar-refractivity contribution >= 4 is 17.2 Å². The molecule has 1 N–H and O–H groups in total. The van der Waals surface area contributed by atoms with Gasteiger partial charge in [0.25, 0.3) is 0 Å². The van der Waals surface area contributed by atoms with E-state index in [4.69, 9.17) is 16.7 Å². The highest BCUT2D eigenvalue weighted by Crippen LogP contribution is 2.19. The van der Waals surface area contributed by atoms with E-state index in [1.54, 1.807) is 0 Å². The first-order chi connectivity index (χ1) is 6.24. The molecule has 13 heavy (non-hydrogen) atoms. The topological polar surface area (TPSA) is 20.2 Å². The molecule has 0 saturated carbocycles. The van der Waals surface area contributed by atoms with Gasteiger partial charge in [0, 0.05) is 11.6 Å². The maximum Gasteiger partial charge on any atom is 0.0434 e. The van der Waals surface area contributed by atoms with Crippen LogP contribution in [-0.2, 0) is 0 Å². The van der Waals surface area contributed by atoms with E-state index in [2.05, 4.69) is 6.58 Å². The van der Waals surface area contributed by atoms with Gasteiger partial charge in [0.2, 0.25) is 0 Å². The van der Waals surface area contributed by atoms with E-state index < -0.39 is 0 Å². The number of rotatable bonds is 4. The van der Waals surface area contributed by atoms with Gasteiger partial charge in [-0.2, -0.15) is 0 Å². The minimum Gasteiger partial charge on any atom is -0.396 e. The highest BCUT2D eigenvalue weighted by Gasteiger charge is 1.97. The van der Waals surface area contributed by atoms with Crippen molar-refractivity contribution in [2.24, 2.45) is 0 Å². The maximum absolute atomic E-state index is 8.64. The van der Waals surface area contributed by atoms with Crippen molar-refractivity contribution in [1.29, 1.82) is 0 Å². The molecule has 0 bridgehead atoms. The fraction of sp³-hybridized carbons (Fsp3) is 0.273. The molecule has 0 amide bonds. The van der Waals surface area contributed by atoms with Crippen molar-refractivity contribution in [2.75, 3.05) is 6.61 Å². The first-order valence-corrected chi connectivity index (χ1v) is 4.66. The van der Waals surface area contributed by atoms with Crippen molar-refractivity contribution in [1.82, 2.24) is 0 Å². The van der Waals surface area contributed by atoms with Crippen molar-refractivity contribution in [2.45, 2.75) is 12.8 Å². The second-order valence-electron chi connectivity index (χ2n) is 2.94. The number of hydrogen-bond acceptors (Lipinski definition) is 1. The van der Waals surface area contributed by atoms with E-state index in [1.807, 2.05) is 24.3 Å². The van der Waals surface area contributed by atoms with Gasteiger partial charge in [0.05, 0.1) is 0 Å². The van der Waals surface area contributed by atoms with Gasteiger partial charge in [0.1, 0.15) is 0 Å². The molecule has 0 aliphatic carbocycles. The van der Waals surface area contributed by atoms with E-state index in [0.29, 0.717) is 0 Å². The molecule has 0 radical (unpaired) electrons. The summed E-state index contributed by atoms with van der Waals surface area (Å²) in [5, 5.41) is 9.38. The highest BCUT2D eigenvalue weighted by molar-refractivity contribution is 6.30. The summed E-state index contributed by atoms with van der Waals surface area (Å²) in [7, 11) is 0. The molecule has 1 nitrogen and oxygen atoms in total. The molecule has 0 unspecified atom stereocenters. The van der Waals surface area contributed by atoms with Gasteiger partial charge in [-0.25, -0.2) is 0 Å². The van der Waals surface area contributed by atoms with E-state index in [1.165, 1.54) is 0 Å². The second-order valence-corrected chi connectivity index (χ2v) is 3.37. The van der Waals surface area contributed by atoms with Gasteiger partial charge in [-0.05, 0) is 36.1 Å². The molecule has 0 atom stereocenters. The monoisotopic (exact) mass is 196 g/mol. The highest BCUT2D eigenvalue weighted by atomic mass is 35.5. The molecule has 0 heterocycles. The third-order valence-corrected chi connectivity index (χ3v) is 2.14. The van der Waals surface area contributed by atoms with Crippen LogP contribution in [0, 0.1) is 0 Å². The fourth-order valence-corrected chi connectivity index (χ4v) is 1.25. The first kappa shape index (κ1) is 10.3. The van der Waals surface area contributed by atoms with Crippen LogP contribution in [0.5, 0.6) is 0 Å². The number of halogens is 1. The number of benzene rings is 1. The molecule has 0 aliphatic rings. The number of hydrogen-bond donors (Lipinski definition) is 1. The Hall–Kier alpha value is -0.790. The van der Waals surface area contributed by atoms with Gasteiger partial charge in [-0.1, -0.05) is 30.3 Å². The number of allylic oxidation sites excluding steroid dienone is 1. The molecular formula is C11H13ClO. The molecule has 0 saturated heterocycles. The summed E-state index contributed by atoms with van der Waals surface area (Å²) in [5.74, 6) is 0. The van der Waals surface area contributed by atoms with E-state index in [9.17, 15) is 0 Å². The zero-order valence-electron chi connectivity index (χ0n) is 7.46. The smallest absolute Gasteiger partial charge is 0.0434 e. The second kappa shape index (κ2) is 5.05. The maximum atomic E-state index is 8.64. The van der Waals surface area contributed by atoms with E-state index >= 15 is 0 Å². The molecule has 1 aromatic carbocycles. The molecule has 0 aromatic heterocycles. The summed E-state index contributed by atoms with van der Waals surface area (Å²) in [5.41, 5.74) is 2.14. The summed E-state index contributed by atoms with van der Waals surface area (Å²) < 4.78 is 0. The molecule has 1 aromatic rings. The zero-order chi connectivity index (χ0) is 9.68. The van der Waals surface area contributed by atoms with E-state index in [-0.39, 0.29) is 6.61 Å². The lowest BCUT2D eigenvalue weighted by Crippen LogP contribution is -1.86. The lowest BCUT2D eigenvalue weighted by atomic mass is 10.0. The van der Waals surface area contributed by atoms with Crippen molar-refractivity contribution in [3.05, 3.63) is 41.4 Å². The van der Waals surface area contributed by atoms with Crippen LogP contribution in [0.15, 0.2) is 30.8 Å². The summed E-state index contributed by atoms with van der Waals surface area (Å²) in [6, 6.07) is 7.59. The van der Waals surface area contributed by atoms with Crippen LogP contribution in [-0.4, -0.2) is 11.7 Å². The first-order valence-electron chi connectivity index (χ1n) is 4.28. The summed E-state index contributed by atoms with van der Waals surface area (Å²) in [6.07, 6.45) is 1.60. The lowest BCUT2D eigenvalue weighted by molar-refractivity contribution is 0.290. The zero-order valence-corrected chi connectivity index (χ0v) is 8.22. The van der Waals surface area contributed by atoms with Crippen LogP contribution in [0.25, 0.3) is 5.57 Å². The summed E-state index contributed by atoms with van der Waals surface area (Å²) in [4.78, 5) is 0. The van der Waals surface area contributed by atoms with Crippen LogP contribution in [0.2, 0.25) is 5.02 Å². The Balaban J connectivity index is 2.61. The Morgan fingerprint density at radius 2 is 1.92 bits per heavy atom. The largest absolute Gasteiger partial charge is 0.396 e. The quantitative estimate of drug-likeness (QED) is 0.785. The Labute approximate surface area is 83.7 Å². The predicted molar refractivity (Wildman–Crippen MR) is 56.8 cm³/mol. The minimum absolute atomic E-state index is 0.215. The Bertz CT molecular complexity index is 277. The van der Waals surface area contributed by atoms with Crippen LogP contribution in [0.4, 0.5) is 0 Å². The Kier molecular flexibility index (Phi) is 4.00. The van der Waals surface area contributed by atoms with Crippen molar-refractivity contribution in [3.8, 4) is 0 Å². The Morgan fingerprint density at radius 3 is 2.46 bits per heavy atom. The Morgan fingerprint density at radius 1 is 1.31 bits per heavy atom. The third-order valence-electron chi connectivity index (χ3n) is 1.89. The van der Waals surface area contributed by atoms with Crippen LogP contribution in [0.1, 0.15) is 18.4 Å². The molecular weight excluding hydrogens is 184 g/mol. The average Bonchev–Trinajstić information content (AvgIpc) is 2.15. The molecule has 0 fully saturated rings.